The monoisotopic (exact) mass is 1700 g/mol. The van der Waals surface area contributed by atoms with Gasteiger partial charge in [-0.15, -0.1) is 12.3 Å². The second kappa shape index (κ2) is 46.3. The number of nitrogens with zero attached hydrogens (tertiary/aromatic N) is 7. The summed E-state index contributed by atoms with van der Waals surface area (Å²) in [6.07, 6.45) is 21.2. The Kier molecular flexibility index (Phi) is 35.4. The molecule has 0 saturated carbocycles. The number of terminal acetylenes is 1. The number of nitrogens with one attached hydrogen (secondary N) is 5. The van der Waals surface area contributed by atoms with Crippen molar-refractivity contribution in [3.63, 3.8) is 0 Å². The third-order valence-electron chi connectivity index (χ3n) is 18.5. The summed E-state index contributed by atoms with van der Waals surface area (Å²) in [6.45, 7) is 11.4. The molecule has 0 spiro atoms. The van der Waals surface area contributed by atoms with Gasteiger partial charge in [-0.25, -0.2) is 43.1 Å². The van der Waals surface area contributed by atoms with Crippen LogP contribution in [0.25, 0.3) is 32.7 Å². The minimum Gasteiger partial charge on any atom is -0.398 e. The molecule has 2 amide bonds. The number of amides is 2. The zero-order chi connectivity index (χ0) is 84.6. The van der Waals surface area contributed by atoms with Gasteiger partial charge < -0.3 is 80.1 Å². The first-order chi connectivity index (χ1) is 57.5. The first kappa shape index (κ1) is 91.0. The minimum absolute atomic E-state index is 0.000668. The summed E-state index contributed by atoms with van der Waals surface area (Å²) in [4.78, 5) is 63.2. The van der Waals surface area contributed by atoms with E-state index in [0.29, 0.717) is 136 Å². The SMILES string of the molecule is C#C[C@@H]1CCOC1.CCOP(C)(=O)CC(=O)Nc1cc2c(Nc3ccc(F)c(Cl)c3)ncnc2cc1C#C[C@@H]1CCOC1.CN(C)C/C=C/C(=O)Nc1cc2c(Nc3ccc(F)c(Cl)c3)ncnc2cc1C#C[C@@H]1CCOC1.Nc1cc2c(Nc3ccc(F)c(Cl)c3)ncnc2cc1C#C[C@@H]1CCOC1.O=C[C@@H]1CCCO1.OC[C@@H]1CCCO1. The maximum absolute atomic E-state index is 13.6. The van der Waals surface area contributed by atoms with Gasteiger partial charge in [0.05, 0.1) is 99.9 Å². The lowest BCUT2D eigenvalue weighted by molar-refractivity contribution is -0.115. The van der Waals surface area contributed by atoms with E-state index in [2.05, 4.69) is 97.9 Å². The van der Waals surface area contributed by atoms with Crippen molar-refractivity contribution in [3.05, 3.63) is 171 Å². The van der Waals surface area contributed by atoms with Crippen LogP contribution in [0.1, 0.15) is 75.0 Å². The molecule has 32 heteroatoms. The molecule has 6 aromatic carbocycles. The molecule has 6 aliphatic rings. The predicted octanol–water partition coefficient (Wildman–Crippen LogP) is 15.4. The van der Waals surface area contributed by atoms with Crippen LogP contribution in [0.5, 0.6) is 0 Å². The molecule has 25 nitrogen and oxygen atoms in total. The summed E-state index contributed by atoms with van der Waals surface area (Å²) in [6, 6.07) is 23.6. The van der Waals surface area contributed by atoms with Gasteiger partial charge in [-0.3, -0.25) is 14.2 Å². The van der Waals surface area contributed by atoms with E-state index in [1.807, 2.05) is 31.1 Å². The van der Waals surface area contributed by atoms with Crippen LogP contribution >= 0.6 is 42.2 Å². The first-order valence-corrected chi connectivity index (χ1v) is 41.9. The molecule has 6 fully saturated rings. The van der Waals surface area contributed by atoms with Gasteiger partial charge in [0.15, 0.2) is 0 Å². The van der Waals surface area contributed by atoms with Gasteiger partial charge in [-0.05, 0) is 163 Å². The summed E-state index contributed by atoms with van der Waals surface area (Å²) in [7, 11) is 0.761. The van der Waals surface area contributed by atoms with Crippen molar-refractivity contribution < 1.29 is 70.2 Å². The maximum atomic E-state index is 13.6. The van der Waals surface area contributed by atoms with Crippen molar-refractivity contribution >= 4 is 145 Å². The Labute approximate surface area is 704 Å². The summed E-state index contributed by atoms with van der Waals surface area (Å²) >= 11 is 17.7. The lowest BCUT2D eigenvalue weighted by atomic mass is 10.1. The number of likely N-dealkylation sites (N-methyl/N-ethyl adjacent to an activating group) is 1. The second-order valence-corrected chi connectivity index (χ2v) is 32.1. The van der Waals surface area contributed by atoms with Crippen LogP contribution in [-0.2, 0) is 51.9 Å². The molecule has 0 radical (unpaired) electrons. The Bertz CT molecular complexity index is 5330. The molecular weight excluding hydrogens is 1610 g/mol. The molecule has 6 aliphatic heterocycles. The number of ether oxygens (including phenoxy) is 6. The van der Waals surface area contributed by atoms with Gasteiger partial charge >= 0.3 is 0 Å². The third-order valence-corrected chi connectivity index (χ3v) is 21.1. The summed E-state index contributed by atoms with van der Waals surface area (Å²) in [5.41, 5.74) is 13.3. The molecule has 8 N–H and O–H groups in total. The van der Waals surface area contributed by atoms with Crippen LogP contribution in [0.15, 0.2) is 122 Å². The lowest BCUT2D eigenvalue weighted by Gasteiger charge is -2.15. The predicted molar refractivity (Wildman–Crippen MR) is 458 cm³/mol. The van der Waals surface area contributed by atoms with Gasteiger partial charge in [-0.1, -0.05) is 76.4 Å². The molecule has 7 atom stereocenters. The highest BCUT2D eigenvalue weighted by molar-refractivity contribution is 7.59. The number of aromatic nitrogens is 6. The number of hydrogen-bond acceptors (Lipinski definition) is 23. The van der Waals surface area contributed by atoms with Crippen LogP contribution < -0.4 is 32.3 Å². The number of nitrogen functional groups attached to an aromatic ring is 1. The Morgan fingerprint density at radius 1 is 0.597 bits per heavy atom. The van der Waals surface area contributed by atoms with Crippen molar-refractivity contribution in [2.24, 2.45) is 23.7 Å². The Morgan fingerprint density at radius 3 is 1.39 bits per heavy atom. The Hall–Kier alpha value is -10.3. The van der Waals surface area contributed by atoms with Crippen molar-refractivity contribution in [1.82, 2.24) is 34.8 Å². The number of benzene rings is 6. The quantitative estimate of drug-likeness (QED) is 0.0146. The zero-order valence-electron chi connectivity index (χ0n) is 66.1. The van der Waals surface area contributed by atoms with Gasteiger partial charge in [0.25, 0.3) is 0 Å². The van der Waals surface area contributed by atoms with Crippen LogP contribution in [0, 0.1) is 89.0 Å². The number of aliphatic hydroxyl groups is 1. The number of anilines is 9. The molecule has 624 valence electrons. The second-order valence-electron chi connectivity index (χ2n) is 28.2. The molecule has 9 heterocycles. The molecule has 9 aromatic rings. The lowest BCUT2D eigenvalue weighted by Crippen LogP contribution is -2.18. The molecule has 15 rings (SSSR count). The highest BCUT2D eigenvalue weighted by Crippen LogP contribution is 2.42. The van der Waals surface area contributed by atoms with E-state index in [9.17, 15) is 32.1 Å². The fourth-order valence-electron chi connectivity index (χ4n) is 12.2. The number of carbonyl (C=O) groups excluding carboxylic acids is 3. The zero-order valence-corrected chi connectivity index (χ0v) is 69.2. The molecule has 0 aliphatic carbocycles. The van der Waals surface area contributed by atoms with E-state index in [-0.39, 0.29) is 70.3 Å². The number of rotatable bonds is 17. The maximum Gasteiger partial charge on any atom is 0.248 e. The molecule has 1 unspecified atom stereocenters. The summed E-state index contributed by atoms with van der Waals surface area (Å²) in [5.74, 6) is 21.9. The van der Waals surface area contributed by atoms with E-state index in [0.717, 1.165) is 102 Å². The minimum atomic E-state index is -3.09. The van der Waals surface area contributed by atoms with Crippen molar-refractivity contribution in [3.8, 4) is 47.9 Å². The Balaban J connectivity index is 0.000000167. The van der Waals surface area contributed by atoms with E-state index in [1.54, 1.807) is 49.4 Å². The largest absolute Gasteiger partial charge is 0.398 e. The topological polar surface area (TPSA) is 320 Å². The van der Waals surface area contributed by atoms with Crippen molar-refractivity contribution in [2.45, 2.75) is 70.5 Å². The average Bonchev–Trinajstić information content (AvgIpc) is 1.35. The summed E-state index contributed by atoms with van der Waals surface area (Å²) in [5, 5.41) is 25.6. The Morgan fingerprint density at radius 2 is 1.03 bits per heavy atom. The number of hydrogen-bond donors (Lipinski definition) is 7. The van der Waals surface area contributed by atoms with E-state index < -0.39 is 30.7 Å². The molecule has 119 heavy (non-hydrogen) atoms. The number of nitrogens with two attached hydrogens (primary N) is 1. The molecule has 6 saturated heterocycles. The highest BCUT2D eigenvalue weighted by atomic mass is 35.5. The fourth-order valence-corrected chi connectivity index (χ4v) is 14.0. The third kappa shape index (κ3) is 28.7. The van der Waals surface area contributed by atoms with Crippen LogP contribution in [0.3, 0.4) is 0 Å². The molecule has 3 aromatic heterocycles. The number of halogens is 6. The normalized spacial score (nSPS) is 18.6. The fraction of sp³-hybridized carbons (Fsp3) is 0.368. The molecular formula is C87H92Cl3F3N13O12P. The highest BCUT2D eigenvalue weighted by Gasteiger charge is 2.24. The van der Waals surface area contributed by atoms with Gasteiger partial charge in [0, 0.05) is 127 Å². The first-order valence-electron chi connectivity index (χ1n) is 38.5. The van der Waals surface area contributed by atoms with Crippen LogP contribution in [0.4, 0.5) is 64.7 Å². The average molecular weight is 1710 g/mol. The number of aldehydes is 1. The number of fused-ring (bicyclic) bond motifs is 3. The standard InChI is InChI=1S/C26H25ClFN5O2.C25H25ClFN4O4P.C20H16ClFN4O.C6H8O.C5H10O2.C5H8O2/c1-33(2)10-3-4-25(34)32-23-14-20-24(12-18(23)6-5-17-9-11-35-15-17)29-16-30-26(20)31-19-7-8-22(28)21(27)13-19;1-3-35-36(2,33)14-24(32)31-22-12-19-23(10-17(22)5-4-16-8-9-34-13-16)28-15-29-25(19)30-18-6-7-21(27)20(26)11-18;21-16-8-14(3-4-17(16)22)26-20-15-9-18(23)13(7-19(15)24-11-25-20)2-1-12-5-6-27-10-12;1-2-6-3-4-7-5-6;2*6-4-5-2-1-3-7-5/h3-4,7-8,12-14,16-17H,9-11,15H2,1-2H3,(H,32,34)(H,29,30,31);6-7,10-12,15-16H,3,8-9,13-14H2,1-2H3,(H,31,32)(H,28,29,30);3-4,7-9,11-12H,5-6,10,23H2,(H,24,25,26);1,6H,3-5H2;5-6H,1-4H2;4-5H,1-3H2/b4-3+;;;;;/t17-;16-,36?;12-;6-;2*5-/m111100/s1. The van der Waals surface area contributed by atoms with Gasteiger partial charge in [-0.2, -0.15) is 0 Å². The summed E-state index contributed by atoms with van der Waals surface area (Å²) < 4.78 is 89.4. The smallest absolute Gasteiger partial charge is 0.248 e. The number of carbonyl (C=O) groups is 3. The van der Waals surface area contributed by atoms with Crippen LogP contribution in [-0.4, -0.2) is 183 Å². The van der Waals surface area contributed by atoms with Crippen molar-refractivity contribution in [2.75, 3.05) is 145 Å². The van der Waals surface area contributed by atoms with Crippen molar-refractivity contribution in [1.29, 1.82) is 0 Å². The van der Waals surface area contributed by atoms with E-state index in [1.165, 1.54) is 74.2 Å². The van der Waals surface area contributed by atoms with E-state index in [4.69, 9.17) is 85.0 Å². The number of aliphatic hydroxyl groups excluding tert-OH is 1. The van der Waals surface area contributed by atoms with Gasteiger partial charge in [0.1, 0.15) is 72.4 Å². The molecule has 0 bridgehead atoms. The van der Waals surface area contributed by atoms with Gasteiger partial charge in [0.2, 0.25) is 19.2 Å². The van der Waals surface area contributed by atoms with E-state index >= 15 is 0 Å². The van der Waals surface area contributed by atoms with Crippen LogP contribution in [0.2, 0.25) is 15.1 Å².